The van der Waals surface area contributed by atoms with E-state index in [1.807, 2.05) is 13.8 Å². The van der Waals surface area contributed by atoms with Gasteiger partial charge in [0.05, 0.1) is 0 Å². The van der Waals surface area contributed by atoms with Crippen LogP contribution in [0.4, 0.5) is 0 Å². The van der Waals surface area contributed by atoms with Crippen molar-refractivity contribution >= 4 is 23.6 Å². The molecule has 0 N–H and O–H groups in total. The van der Waals surface area contributed by atoms with Crippen molar-refractivity contribution in [2.75, 3.05) is 13.2 Å². The quantitative estimate of drug-likeness (QED) is 0.259. The largest absolute Gasteiger partial charge is 0.518 e. The predicted molar refractivity (Wildman–Crippen MR) is 133 cm³/mol. The van der Waals surface area contributed by atoms with Crippen LogP contribution in [0.2, 0.25) is 22.2 Å². The summed E-state index contributed by atoms with van der Waals surface area (Å²) >= 11 is 0. The molecule has 1 atom stereocenters. The number of hydrogen-bond donors (Lipinski definition) is 0. The molecule has 2 fully saturated rings. The van der Waals surface area contributed by atoms with E-state index in [4.69, 9.17) is 13.3 Å². The number of carbonyl (C=O) groups excluding carboxylic acids is 1. The number of hydrogen-bond acceptors (Lipinski definition) is 4. The molecular weight excluding hydrogens is 420 g/mol. The van der Waals surface area contributed by atoms with Gasteiger partial charge >= 0.3 is 9.28 Å². The number of rotatable bonds is 13. The topological polar surface area (TPSA) is 44.8 Å². The van der Waals surface area contributed by atoms with Crippen LogP contribution >= 0.6 is 0 Å². The molecule has 4 nitrogen and oxygen atoms in total. The zero-order chi connectivity index (χ0) is 22.7. The van der Waals surface area contributed by atoms with Gasteiger partial charge in [0.2, 0.25) is 0 Å². The van der Waals surface area contributed by atoms with Crippen LogP contribution < -0.4 is 0 Å². The molecule has 0 spiro atoms. The van der Waals surface area contributed by atoms with Crippen LogP contribution in [0.25, 0.3) is 0 Å². The van der Waals surface area contributed by atoms with Gasteiger partial charge in [-0.05, 0) is 70.0 Å². The van der Waals surface area contributed by atoms with Gasteiger partial charge in [0.1, 0.15) is 5.04 Å². The lowest BCUT2D eigenvalue weighted by molar-refractivity contribution is -0.140. The van der Waals surface area contributed by atoms with Crippen LogP contribution in [0.3, 0.4) is 0 Å². The average Bonchev–Trinajstić information content (AvgIpc) is 2.82. The Balaban J connectivity index is 2.39. The van der Waals surface area contributed by atoms with E-state index in [-0.39, 0.29) is 5.97 Å². The second kappa shape index (κ2) is 13.5. The first kappa shape index (κ1) is 27.1. The van der Waals surface area contributed by atoms with E-state index in [0.29, 0.717) is 30.7 Å². The maximum Gasteiger partial charge on any atom is 0.402 e. The monoisotopic (exact) mass is 469 g/mol. The van der Waals surface area contributed by atoms with E-state index < -0.39 is 22.6 Å². The molecule has 0 saturated heterocycles. The summed E-state index contributed by atoms with van der Waals surface area (Å²) in [5.41, 5.74) is 1.30. The third-order valence-electron chi connectivity index (χ3n) is 7.96. The minimum absolute atomic E-state index is 0.00436. The first-order valence-electron chi connectivity index (χ1n) is 13.3. The zero-order valence-corrected chi connectivity index (χ0v) is 23.1. The fourth-order valence-corrected chi connectivity index (χ4v) is 13.9. The van der Waals surface area contributed by atoms with Crippen molar-refractivity contribution in [2.24, 2.45) is 0 Å². The van der Waals surface area contributed by atoms with Gasteiger partial charge in [0, 0.05) is 13.2 Å². The minimum atomic E-state index is -2.24. The molecule has 0 aromatic heterocycles. The molecule has 0 bridgehead atoms. The van der Waals surface area contributed by atoms with Gasteiger partial charge < -0.3 is 13.3 Å². The fourth-order valence-electron chi connectivity index (χ4n) is 5.87. The van der Waals surface area contributed by atoms with Crippen molar-refractivity contribution in [3.8, 4) is 0 Å². The molecule has 31 heavy (non-hydrogen) atoms. The molecular formula is C25H49O4Si2. The Morgan fingerprint density at radius 3 is 1.74 bits per heavy atom. The SMILES string of the molecule is CCCC[Si](OC(=O)C(C)(CC)[Si](OCC)OCC)(C1CCCCC1)C1CCCCC1. The van der Waals surface area contributed by atoms with Gasteiger partial charge in [-0.2, -0.15) is 0 Å². The lowest BCUT2D eigenvalue weighted by Gasteiger charge is -2.48. The maximum absolute atomic E-state index is 14.0. The third-order valence-corrected chi connectivity index (χ3v) is 16.1. The first-order chi connectivity index (χ1) is 15.0. The van der Waals surface area contributed by atoms with E-state index in [9.17, 15) is 4.79 Å². The van der Waals surface area contributed by atoms with E-state index in [1.165, 1.54) is 77.0 Å². The highest BCUT2D eigenvalue weighted by Crippen LogP contribution is 2.53. The smallest absolute Gasteiger partial charge is 0.402 e. The van der Waals surface area contributed by atoms with Crippen LogP contribution in [0, 0.1) is 0 Å². The van der Waals surface area contributed by atoms with Crippen molar-refractivity contribution < 1.29 is 18.1 Å². The molecule has 0 heterocycles. The maximum atomic E-state index is 14.0. The summed E-state index contributed by atoms with van der Waals surface area (Å²) in [7, 11) is -3.98. The minimum Gasteiger partial charge on any atom is -0.518 e. The average molecular weight is 470 g/mol. The third kappa shape index (κ3) is 6.67. The predicted octanol–water partition coefficient (Wildman–Crippen LogP) is 7.68. The molecule has 1 radical (unpaired) electrons. The molecule has 2 saturated carbocycles. The molecule has 0 amide bonds. The van der Waals surface area contributed by atoms with Crippen molar-refractivity contribution in [3.63, 3.8) is 0 Å². The summed E-state index contributed by atoms with van der Waals surface area (Å²) in [5, 5.41) is -0.648. The van der Waals surface area contributed by atoms with Crippen LogP contribution in [0.15, 0.2) is 0 Å². The number of carbonyl (C=O) groups is 1. The molecule has 6 heteroatoms. The molecule has 2 aliphatic rings. The highest BCUT2D eigenvalue weighted by atomic mass is 28.4. The van der Waals surface area contributed by atoms with Crippen molar-refractivity contribution in [2.45, 2.75) is 140 Å². The molecule has 0 aromatic carbocycles. The van der Waals surface area contributed by atoms with Gasteiger partial charge in [-0.25, -0.2) is 0 Å². The van der Waals surface area contributed by atoms with Crippen molar-refractivity contribution in [1.82, 2.24) is 0 Å². The fraction of sp³-hybridized carbons (Fsp3) is 0.960. The van der Waals surface area contributed by atoms with Gasteiger partial charge in [-0.3, -0.25) is 4.79 Å². The summed E-state index contributed by atoms with van der Waals surface area (Å²) in [6, 6.07) is 1.16. The van der Waals surface area contributed by atoms with Gasteiger partial charge in [-0.1, -0.05) is 65.2 Å². The van der Waals surface area contributed by atoms with Crippen molar-refractivity contribution in [1.29, 1.82) is 0 Å². The second-order valence-corrected chi connectivity index (χ2v) is 16.5. The number of unbranched alkanes of at least 4 members (excludes halogenated alkanes) is 1. The van der Waals surface area contributed by atoms with Gasteiger partial charge in [0.15, 0.2) is 0 Å². The Hall–Kier alpha value is -0.176. The van der Waals surface area contributed by atoms with Crippen LogP contribution in [0.1, 0.15) is 118 Å². The summed E-state index contributed by atoms with van der Waals surface area (Å²) in [4.78, 5) is 14.0. The van der Waals surface area contributed by atoms with Crippen LogP contribution in [-0.4, -0.2) is 36.8 Å². The summed E-state index contributed by atoms with van der Waals surface area (Å²) in [6.45, 7) is 11.6. The van der Waals surface area contributed by atoms with E-state index in [1.54, 1.807) is 0 Å². The van der Waals surface area contributed by atoms with E-state index >= 15 is 0 Å². The second-order valence-electron chi connectivity index (χ2n) is 9.96. The highest BCUT2D eigenvalue weighted by molar-refractivity contribution is 6.78. The summed E-state index contributed by atoms with van der Waals surface area (Å²) < 4.78 is 19.1. The van der Waals surface area contributed by atoms with Gasteiger partial charge in [-0.15, -0.1) is 0 Å². The standard InChI is InChI=1S/C25H49O4Si2/c1-6-10-21-31(22-17-13-11-14-18-22,23-19-15-12-16-20-23)29-24(26)25(5,7-2)30(27-8-3)28-9-4/h22-23H,6-21H2,1-5H3. The molecule has 0 aromatic rings. The Morgan fingerprint density at radius 1 is 0.871 bits per heavy atom. The van der Waals surface area contributed by atoms with E-state index in [0.717, 1.165) is 6.04 Å². The summed E-state index contributed by atoms with van der Waals surface area (Å²) in [6.07, 6.45) is 16.2. The highest BCUT2D eigenvalue weighted by Gasteiger charge is 2.56. The molecule has 1 unspecified atom stereocenters. The Bertz CT molecular complexity index is 494. The Kier molecular flexibility index (Phi) is 11.8. The Morgan fingerprint density at radius 2 is 1.35 bits per heavy atom. The molecule has 2 aliphatic carbocycles. The molecule has 181 valence electrons. The summed E-state index contributed by atoms with van der Waals surface area (Å²) in [5.74, 6) is 0.00436. The van der Waals surface area contributed by atoms with Crippen LogP contribution in [0.5, 0.6) is 0 Å². The zero-order valence-electron chi connectivity index (χ0n) is 21.1. The van der Waals surface area contributed by atoms with Crippen LogP contribution in [-0.2, 0) is 18.1 Å². The lowest BCUT2D eigenvalue weighted by atomic mass is 9.99. The van der Waals surface area contributed by atoms with Gasteiger partial charge in [0.25, 0.3) is 14.3 Å². The van der Waals surface area contributed by atoms with E-state index in [2.05, 4.69) is 20.8 Å². The normalized spacial score (nSPS) is 21.2. The van der Waals surface area contributed by atoms with Crippen molar-refractivity contribution in [3.05, 3.63) is 0 Å². The lowest BCUT2D eigenvalue weighted by Crippen LogP contribution is -2.54. The Labute approximate surface area is 195 Å². The molecule has 0 aliphatic heterocycles. The first-order valence-corrected chi connectivity index (χ1v) is 16.9. The molecule has 2 rings (SSSR count).